The van der Waals surface area contributed by atoms with Crippen LogP contribution in [0.3, 0.4) is 0 Å². The van der Waals surface area contributed by atoms with Crippen LogP contribution in [-0.4, -0.2) is 28.4 Å². The number of nitrogen functional groups attached to an aromatic ring is 1. The van der Waals surface area contributed by atoms with Gasteiger partial charge in [0.2, 0.25) is 0 Å². The molecule has 0 bridgehead atoms. The molecule has 1 aromatic heterocycles. The van der Waals surface area contributed by atoms with E-state index in [0.29, 0.717) is 0 Å². The number of likely N-dealkylation sites (N-methyl/N-ethyl adjacent to an activating group) is 1. The summed E-state index contributed by atoms with van der Waals surface area (Å²) in [5, 5.41) is 8.12. The average molecular weight is 215 g/mol. The summed E-state index contributed by atoms with van der Waals surface area (Å²) in [5.74, 6) is 0.895. The second-order valence-corrected chi connectivity index (χ2v) is 4.01. The summed E-state index contributed by atoms with van der Waals surface area (Å²) in [6.45, 7) is 1.79. The van der Waals surface area contributed by atoms with E-state index < -0.39 is 0 Å². The topological polar surface area (TPSA) is 60.0 Å². The Morgan fingerprint density at radius 1 is 1.31 bits per heavy atom. The van der Waals surface area contributed by atoms with E-state index in [4.69, 9.17) is 5.73 Å². The first-order chi connectivity index (χ1) is 7.77. The number of nitrogens with zero attached hydrogens (tertiary/aromatic N) is 4. The zero-order chi connectivity index (χ0) is 11.1. The lowest BCUT2D eigenvalue weighted by atomic mass is 10.1. The minimum Gasteiger partial charge on any atom is -0.397 e. The number of nitrogens with two attached hydrogens (primary N) is 1. The summed E-state index contributed by atoms with van der Waals surface area (Å²) in [5.41, 5.74) is 8.92. The Bertz CT molecular complexity index is 531. The van der Waals surface area contributed by atoms with Gasteiger partial charge < -0.3 is 15.2 Å². The third kappa shape index (κ3) is 1.18. The summed E-state index contributed by atoms with van der Waals surface area (Å²) in [6.07, 6.45) is 1.77. The molecule has 1 aliphatic rings. The maximum Gasteiger partial charge on any atom is 0.165 e. The molecule has 0 spiro atoms. The second-order valence-electron chi connectivity index (χ2n) is 4.01. The van der Waals surface area contributed by atoms with Crippen molar-refractivity contribution in [2.24, 2.45) is 0 Å². The van der Waals surface area contributed by atoms with Gasteiger partial charge in [-0.05, 0) is 12.1 Å². The van der Waals surface area contributed by atoms with Crippen LogP contribution in [0.2, 0.25) is 0 Å². The second kappa shape index (κ2) is 3.23. The molecular formula is C11H13N5. The molecule has 1 aromatic carbocycles. The van der Waals surface area contributed by atoms with E-state index in [2.05, 4.69) is 26.7 Å². The highest BCUT2D eigenvalue weighted by molar-refractivity contribution is 5.84. The number of rotatable bonds is 0. The van der Waals surface area contributed by atoms with Gasteiger partial charge in [-0.1, -0.05) is 6.07 Å². The Labute approximate surface area is 93.5 Å². The summed E-state index contributed by atoms with van der Waals surface area (Å²) < 4.78 is 2.06. The van der Waals surface area contributed by atoms with Gasteiger partial charge in [-0.15, -0.1) is 10.2 Å². The van der Waals surface area contributed by atoms with Crippen LogP contribution in [-0.2, 0) is 6.54 Å². The fourth-order valence-corrected chi connectivity index (χ4v) is 2.16. The average Bonchev–Trinajstić information content (AvgIpc) is 2.69. The molecule has 2 heterocycles. The molecule has 0 atom stereocenters. The highest BCUT2D eigenvalue weighted by atomic mass is 15.3. The largest absolute Gasteiger partial charge is 0.397 e. The fraction of sp³-hybridized carbons (Fsp3) is 0.273. The van der Waals surface area contributed by atoms with E-state index in [1.807, 2.05) is 18.2 Å². The number of hydrogen-bond donors (Lipinski definition) is 1. The van der Waals surface area contributed by atoms with Crippen molar-refractivity contribution >= 4 is 11.4 Å². The minimum atomic E-state index is 0.788. The molecule has 0 amide bonds. The lowest BCUT2D eigenvalue weighted by Gasteiger charge is -2.20. The summed E-state index contributed by atoms with van der Waals surface area (Å²) in [6, 6.07) is 5.90. The lowest BCUT2D eigenvalue weighted by Crippen LogP contribution is -2.21. The van der Waals surface area contributed by atoms with Crippen molar-refractivity contribution in [3.63, 3.8) is 0 Å². The van der Waals surface area contributed by atoms with E-state index >= 15 is 0 Å². The van der Waals surface area contributed by atoms with Crippen molar-refractivity contribution in [1.82, 2.24) is 14.8 Å². The molecule has 0 unspecified atom stereocenters. The number of benzene rings is 1. The first-order valence-corrected chi connectivity index (χ1v) is 5.25. The summed E-state index contributed by atoms with van der Waals surface area (Å²) in [4.78, 5) is 2.17. The van der Waals surface area contributed by atoms with Gasteiger partial charge in [0.25, 0.3) is 0 Å². The Balaban J connectivity index is 2.31. The Hall–Kier alpha value is -2.04. The monoisotopic (exact) mass is 215 g/mol. The number of anilines is 2. The first kappa shape index (κ1) is 9.21. The van der Waals surface area contributed by atoms with Crippen molar-refractivity contribution in [2.45, 2.75) is 6.54 Å². The smallest absolute Gasteiger partial charge is 0.165 e. The highest BCUT2D eigenvalue weighted by Crippen LogP contribution is 2.35. The number of aromatic nitrogens is 3. The molecular weight excluding hydrogens is 202 g/mol. The molecule has 5 heteroatoms. The standard InChI is InChI=1S/C11H13N5/c1-15-5-6-16-7-13-14-11(16)8-3-2-4-9(12)10(8)15/h2-4,7H,5-6,12H2,1H3. The molecule has 2 N–H and O–H groups in total. The Kier molecular flexibility index (Phi) is 1.86. The van der Waals surface area contributed by atoms with Crippen LogP contribution in [0.15, 0.2) is 24.5 Å². The van der Waals surface area contributed by atoms with E-state index in [1.165, 1.54) is 0 Å². The first-order valence-electron chi connectivity index (χ1n) is 5.25. The molecule has 0 radical (unpaired) electrons. The van der Waals surface area contributed by atoms with Gasteiger partial charge in [-0.3, -0.25) is 0 Å². The highest BCUT2D eigenvalue weighted by Gasteiger charge is 2.20. The minimum absolute atomic E-state index is 0.788. The van der Waals surface area contributed by atoms with Crippen LogP contribution >= 0.6 is 0 Å². The predicted molar refractivity (Wildman–Crippen MR) is 63.1 cm³/mol. The predicted octanol–water partition coefficient (Wildman–Crippen LogP) is 0.977. The van der Waals surface area contributed by atoms with Gasteiger partial charge in [-0.2, -0.15) is 0 Å². The lowest BCUT2D eigenvalue weighted by molar-refractivity contribution is 0.700. The van der Waals surface area contributed by atoms with Crippen molar-refractivity contribution in [1.29, 1.82) is 0 Å². The van der Waals surface area contributed by atoms with E-state index in [1.54, 1.807) is 6.33 Å². The molecule has 0 saturated heterocycles. The molecule has 0 aliphatic carbocycles. The van der Waals surface area contributed by atoms with Crippen LogP contribution < -0.4 is 10.6 Å². The molecule has 16 heavy (non-hydrogen) atoms. The third-order valence-corrected chi connectivity index (χ3v) is 2.98. The summed E-state index contributed by atoms with van der Waals surface area (Å²) >= 11 is 0. The molecule has 1 aliphatic heterocycles. The van der Waals surface area contributed by atoms with Crippen LogP contribution in [0.4, 0.5) is 11.4 Å². The molecule has 0 fully saturated rings. The molecule has 3 rings (SSSR count). The van der Waals surface area contributed by atoms with Gasteiger partial charge in [0.1, 0.15) is 6.33 Å². The maximum absolute atomic E-state index is 6.03. The van der Waals surface area contributed by atoms with Crippen molar-refractivity contribution in [3.8, 4) is 11.4 Å². The third-order valence-electron chi connectivity index (χ3n) is 2.98. The van der Waals surface area contributed by atoms with Gasteiger partial charge in [0.05, 0.1) is 11.4 Å². The fourth-order valence-electron chi connectivity index (χ4n) is 2.16. The molecule has 2 aromatic rings. The van der Waals surface area contributed by atoms with Crippen LogP contribution in [0.5, 0.6) is 0 Å². The Morgan fingerprint density at radius 2 is 2.19 bits per heavy atom. The molecule has 82 valence electrons. The van der Waals surface area contributed by atoms with Crippen LogP contribution in [0.25, 0.3) is 11.4 Å². The van der Waals surface area contributed by atoms with Crippen LogP contribution in [0.1, 0.15) is 0 Å². The van der Waals surface area contributed by atoms with E-state index in [9.17, 15) is 0 Å². The van der Waals surface area contributed by atoms with Gasteiger partial charge in [-0.25, -0.2) is 0 Å². The zero-order valence-electron chi connectivity index (χ0n) is 9.09. The van der Waals surface area contributed by atoms with Crippen molar-refractivity contribution in [3.05, 3.63) is 24.5 Å². The maximum atomic E-state index is 6.03. The molecule has 5 nitrogen and oxygen atoms in total. The number of fused-ring (bicyclic) bond motifs is 3. The van der Waals surface area contributed by atoms with E-state index in [-0.39, 0.29) is 0 Å². The number of hydrogen-bond acceptors (Lipinski definition) is 4. The number of para-hydroxylation sites is 1. The van der Waals surface area contributed by atoms with Gasteiger partial charge in [0, 0.05) is 25.7 Å². The van der Waals surface area contributed by atoms with Crippen LogP contribution in [0, 0.1) is 0 Å². The normalized spacial score (nSPS) is 14.2. The van der Waals surface area contributed by atoms with Gasteiger partial charge in [0.15, 0.2) is 5.82 Å². The Morgan fingerprint density at radius 3 is 3.06 bits per heavy atom. The SMILES string of the molecule is CN1CCn2cnnc2-c2cccc(N)c21. The van der Waals surface area contributed by atoms with Crippen molar-refractivity contribution < 1.29 is 0 Å². The van der Waals surface area contributed by atoms with Gasteiger partial charge >= 0.3 is 0 Å². The molecule has 0 saturated carbocycles. The zero-order valence-corrected chi connectivity index (χ0v) is 9.09. The van der Waals surface area contributed by atoms with Crippen molar-refractivity contribution in [2.75, 3.05) is 24.2 Å². The quantitative estimate of drug-likeness (QED) is 0.665. The van der Waals surface area contributed by atoms with E-state index in [0.717, 1.165) is 35.9 Å². The summed E-state index contributed by atoms with van der Waals surface area (Å²) in [7, 11) is 2.05.